The van der Waals surface area contributed by atoms with Crippen molar-refractivity contribution in [1.82, 2.24) is 0 Å². The van der Waals surface area contributed by atoms with E-state index in [0.29, 0.717) is 6.61 Å². The van der Waals surface area contributed by atoms with Crippen LogP contribution in [-0.2, 0) is 9.47 Å². The van der Waals surface area contributed by atoms with E-state index < -0.39 is 6.16 Å². The van der Waals surface area contributed by atoms with Crippen molar-refractivity contribution in [3.05, 3.63) is 0 Å². The Morgan fingerprint density at radius 1 is 1.33 bits per heavy atom. The van der Waals surface area contributed by atoms with Crippen LogP contribution >= 0.6 is 0 Å². The smallest absolute Gasteiger partial charge is 0.508 e. The van der Waals surface area contributed by atoms with E-state index in [1.54, 1.807) is 0 Å². The molecule has 0 aromatic rings. The summed E-state index contributed by atoms with van der Waals surface area (Å²) in [6, 6.07) is 0. The standard InChI is InChI=1S/C7H16NO3.HI/c1-8(2,3)5-6-11-7(9)10-4;/h5-6H2,1-4H3;1H/q+1;/p-1. The second-order valence-electron chi connectivity index (χ2n) is 3.32. The maximum absolute atomic E-state index is 10.4. The van der Waals surface area contributed by atoms with Gasteiger partial charge in [-0.2, -0.15) is 0 Å². The molecule has 0 rings (SSSR count). The first-order chi connectivity index (χ1) is 4.95. The first-order valence-electron chi connectivity index (χ1n) is 3.47. The lowest BCUT2D eigenvalue weighted by Gasteiger charge is -2.22. The zero-order chi connectivity index (χ0) is 8.91. The van der Waals surface area contributed by atoms with Crippen LogP contribution in [0.2, 0.25) is 0 Å². The maximum atomic E-state index is 10.4. The van der Waals surface area contributed by atoms with Crippen molar-refractivity contribution in [2.45, 2.75) is 0 Å². The fraction of sp³-hybridized carbons (Fsp3) is 0.857. The Labute approximate surface area is 90.4 Å². The summed E-state index contributed by atoms with van der Waals surface area (Å²) >= 11 is 0. The van der Waals surface area contributed by atoms with Crippen LogP contribution in [0.3, 0.4) is 0 Å². The number of carbonyl (C=O) groups is 1. The Kier molecular flexibility index (Phi) is 7.81. The van der Waals surface area contributed by atoms with E-state index in [0.717, 1.165) is 11.0 Å². The molecule has 0 heterocycles. The molecular formula is C7H16INO3. The Balaban J connectivity index is 0. The van der Waals surface area contributed by atoms with Gasteiger partial charge in [-0.3, -0.25) is 0 Å². The van der Waals surface area contributed by atoms with Crippen molar-refractivity contribution < 1.29 is 42.7 Å². The third-order valence-electron chi connectivity index (χ3n) is 1.15. The van der Waals surface area contributed by atoms with Gasteiger partial charge in [0, 0.05) is 0 Å². The van der Waals surface area contributed by atoms with Crippen LogP contribution in [0.25, 0.3) is 0 Å². The van der Waals surface area contributed by atoms with Crippen molar-refractivity contribution >= 4 is 6.16 Å². The molecule has 0 N–H and O–H groups in total. The summed E-state index contributed by atoms with van der Waals surface area (Å²) in [6.07, 6.45) is -0.613. The number of hydrogen-bond acceptors (Lipinski definition) is 3. The van der Waals surface area contributed by atoms with Gasteiger partial charge in [0.05, 0.1) is 28.3 Å². The number of halogens is 1. The van der Waals surface area contributed by atoms with Crippen LogP contribution in [0.5, 0.6) is 0 Å². The molecule has 0 aliphatic carbocycles. The van der Waals surface area contributed by atoms with Crippen LogP contribution in [0.1, 0.15) is 0 Å². The van der Waals surface area contributed by atoms with Gasteiger partial charge in [-0.25, -0.2) is 4.79 Å². The van der Waals surface area contributed by atoms with Gasteiger partial charge in [-0.15, -0.1) is 0 Å². The monoisotopic (exact) mass is 289 g/mol. The SMILES string of the molecule is COC(=O)OCC[N+](C)(C)C.[I-]. The van der Waals surface area contributed by atoms with Gasteiger partial charge in [0.25, 0.3) is 0 Å². The third-order valence-corrected chi connectivity index (χ3v) is 1.15. The molecule has 0 bridgehead atoms. The van der Waals surface area contributed by atoms with Crippen molar-refractivity contribution in [3.63, 3.8) is 0 Å². The molecule has 74 valence electrons. The summed E-state index contributed by atoms with van der Waals surface area (Å²) in [5, 5.41) is 0. The highest BCUT2D eigenvalue weighted by Crippen LogP contribution is 1.90. The third kappa shape index (κ3) is 9.96. The van der Waals surface area contributed by atoms with Crippen LogP contribution in [0, 0.1) is 0 Å². The average molecular weight is 289 g/mol. The Bertz CT molecular complexity index is 133. The molecule has 0 aliphatic rings. The number of likely N-dealkylation sites (N-methyl/N-ethyl adjacent to an activating group) is 1. The molecule has 0 atom stereocenters. The van der Waals surface area contributed by atoms with Crippen LogP contribution < -0.4 is 24.0 Å². The van der Waals surface area contributed by atoms with E-state index in [1.165, 1.54) is 7.11 Å². The Hall–Kier alpha value is -0.0400. The average Bonchev–Trinajstić information content (AvgIpc) is 1.85. The Morgan fingerprint density at radius 2 is 1.83 bits per heavy atom. The van der Waals surface area contributed by atoms with Crippen LogP contribution in [0.4, 0.5) is 4.79 Å². The second-order valence-corrected chi connectivity index (χ2v) is 3.32. The van der Waals surface area contributed by atoms with Crippen molar-refractivity contribution in [1.29, 1.82) is 0 Å². The fourth-order valence-corrected chi connectivity index (χ4v) is 0.462. The summed E-state index contributed by atoms with van der Waals surface area (Å²) in [4.78, 5) is 10.4. The molecule has 0 aromatic heterocycles. The van der Waals surface area contributed by atoms with E-state index >= 15 is 0 Å². The molecule has 0 saturated heterocycles. The van der Waals surface area contributed by atoms with E-state index in [-0.39, 0.29) is 24.0 Å². The van der Waals surface area contributed by atoms with Gasteiger partial charge >= 0.3 is 6.16 Å². The quantitative estimate of drug-likeness (QED) is 0.327. The minimum Gasteiger partial charge on any atom is -1.00 e. The largest absolute Gasteiger partial charge is 1.00 e. The van der Waals surface area contributed by atoms with Crippen LogP contribution in [0.15, 0.2) is 0 Å². The molecule has 0 aliphatic heterocycles. The van der Waals surface area contributed by atoms with E-state index in [1.807, 2.05) is 21.1 Å². The van der Waals surface area contributed by atoms with E-state index in [9.17, 15) is 4.79 Å². The number of hydrogen-bond donors (Lipinski definition) is 0. The highest BCUT2D eigenvalue weighted by atomic mass is 127. The zero-order valence-electron chi connectivity index (χ0n) is 7.96. The molecule has 0 spiro atoms. The van der Waals surface area contributed by atoms with E-state index in [2.05, 4.69) is 4.74 Å². The minimum atomic E-state index is -0.613. The topological polar surface area (TPSA) is 35.5 Å². The molecule has 12 heavy (non-hydrogen) atoms. The maximum Gasteiger partial charge on any atom is 0.508 e. The number of rotatable bonds is 3. The number of methoxy groups -OCH3 is 1. The fourth-order valence-electron chi connectivity index (χ4n) is 0.462. The lowest BCUT2D eigenvalue weighted by Crippen LogP contribution is -3.00. The number of carbonyl (C=O) groups excluding carboxylic acids is 1. The summed E-state index contributed by atoms with van der Waals surface area (Å²) < 4.78 is 9.76. The first-order valence-corrected chi connectivity index (χ1v) is 3.47. The lowest BCUT2D eigenvalue weighted by atomic mass is 10.5. The molecule has 0 amide bonds. The summed E-state index contributed by atoms with van der Waals surface area (Å²) in [6.45, 7) is 1.19. The molecule has 4 nitrogen and oxygen atoms in total. The molecule has 0 unspecified atom stereocenters. The number of quaternary nitrogens is 1. The highest BCUT2D eigenvalue weighted by Gasteiger charge is 2.08. The lowest BCUT2D eigenvalue weighted by molar-refractivity contribution is -0.870. The Morgan fingerprint density at radius 3 is 2.17 bits per heavy atom. The molecule has 0 radical (unpaired) electrons. The number of nitrogens with zero attached hydrogens (tertiary/aromatic N) is 1. The van der Waals surface area contributed by atoms with Crippen molar-refractivity contribution in [2.24, 2.45) is 0 Å². The van der Waals surface area contributed by atoms with Gasteiger partial charge < -0.3 is 37.9 Å². The zero-order valence-corrected chi connectivity index (χ0v) is 10.1. The van der Waals surface area contributed by atoms with Gasteiger partial charge in [0.15, 0.2) is 0 Å². The molecule has 0 fully saturated rings. The molecule has 0 aromatic carbocycles. The number of ether oxygens (including phenoxy) is 2. The molecule has 0 saturated carbocycles. The minimum absolute atomic E-state index is 0. The van der Waals surface area contributed by atoms with Gasteiger partial charge in [-0.05, 0) is 0 Å². The van der Waals surface area contributed by atoms with Gasteiger partial charge in [-0.1, -0.05) is 0 Å². The van der Waals surface area contributed by atoms with Crippen molar-refractivity contribution in [3.8, 4) is 0 Å². The van der Waals surface area contributed by atoms with Crippen molar-refractivity contribution in [2.75, 3.05) is 41.4 Å². The molecule has 5 heteroatoms. The normalized spacial score (nSPS) is 10.0. The first kappa shape index (κ1) is 14.5. The van der Waals surface area contributed by atoms with Gasteiger partial charge in [0.1, 0.15) is 13.2 Å². The molecular weight excluding hydrogens is 273 g/mol. The summed E-state index contributed by atoms with van der Waals surface area (Å²) in [7, 11) is 7.39. The van der Waals surface area contributed by atoms with Crippen LogP contribution in [-0.4, -0.2) is 52.0 Å². The van der Waals surface area contributed by atoms with E-state index in [4.69, 9.17) is 4.74 Å². The predicted molar refractivity (Wildman–Crippen MR) is 41.3 cm³/mol. The highest BCUT2D eigenvalue weighted by molar-refractivity contribution is 5.59. The second kappa shape index (κ2) is 6.47. The van der Waals surface area contributed by atoms with Gasteiger partial charge in [0.2, 0.25) is 0 Å². The predicted octanol–water partition coefficient (Wildman–Crippen LogP) is -2.52. The summed E-state index contributed by atoms with van der Waals surface area (Å²) in [5.41, 5.74) is 0. The summed E-state index contributed by atoms with van der Waals surface area (Å²) in [5.74, 6) is 0.